The van der Waals surface area contributed by atoms with Gasteiger partial charge in [0.25, 0.3) is 5.91 Å². The molecule has 24 heavy (non-hydrogen) atoms. The van der Waals surface area contributed by atoms with Gasteiger partial charge in [0.05, 0.1) is 5.25 Å². The van der Waals surface area contributed by atoms with Crippen molar-refractivity contribution in [3.63, 3.8) is 0 Å². The highest BCUT2D eigenvalue weighted by molar-refractivity contribution is 8.03. The van der Waals surface area contributed by atoms with E-state index in [1.807, 2.05) is 63.2 Å². The fraction of sp³-hybridized carbons (Fsp3) is 0.263. The Hall–Kier alpha value is -2.27. The van der Waals surface area contributed by atoms with E-state index in [4.69, 9.17) is 0 Å². The van der Waals surface area contributed by atoms with E-state index in [-0.39, 0.29) is 17.1 Å². The zero-order valence-corrected chi connectivity index (χ0v) is 14.6. The number of aryl methyl sites for hydroxylation is 2. The van der Waals surface area contributed by atoms with Crippen molar-refractivity contribution in [3.8, 4) is 0 Å². The molecule has 2 heterocycles. The molecule has 1 spiro atoms. The van der Waals surface area contributed by atoms with E-state index < -0.39 is 4.87 Å². The maximum Gasteiger partial charge on any atom is 0.266 e. The molecule has 4 rings (SSSR count). The van der Waals surface area contributed by atoms with Crippen LogP contribution >= 0.6 is 11.8 Å². The van der Waals surface area contributed by atoms with Crippen LogP contribution in [-0.2, 0) is 14.5 Å². The monoisotopic (exact) mass is 338 g/mol. The predicted molar refractivity (Wildman–Crippen MR) is 97.2 cm³/mol. The van der Waals surface area contributed by atoms with Gasteiger partial charge in [0.1, 0.15) is 0 Å². The molecule has 5 heteroatoms. The quantitative estimate of drug-likeness (QED) is 0.865. The molecule has 0 radical (unpaired) electrons. The predicted octanol–water partition coefficient (Wildman–Crippen LogP) is 3.58. The van der Waals surface area contributed by atoms with Crippen LogP contribution < -0.4 is 10.2 Å². The van der Waals surface area contributed by atoms with Gasteiger partial charge in [-0.25, -0.2) is 0 Å². The molecule has 2 aromatic rings. The normalized spacial score (nSPS) is 25.3. The Morgan fingerprint density at radius 2 is 1.83 bits per heavy atom. The molecule has 2 amide bonds. The average molecular weight is 338 g/mol. The van der Waals surface area contributed by atoms with Crippen molar-refractivity contribution in [2.45, 2.75) is 30.9 Å². The smallest absolute Gasteiger partial charge is 0.266 e. The summed E-state index contributed by atoms with van der Waals surface area (Å²) in [5.74, 6) is -0.181. The first-order valence-electron chi connectivity index (χ1n) is 7.95. The summed E-state index contributed by atoms with van der Waals surface area (Å²) < 4.78 is 0. The molecular formula is C19H18N2O2S. The van der Waals surface area contributed by atoms with Gasteiger partial charge in [0, 0.05) is 16.9 Å². The number of thioether (sulfide) groups is 1. The van der Waals surface area contributed by atoms with Crippen molar-refractivity contribution < 1.29 is 9.59 Å². The van der Waals surface area contributed by atoms with Gasteiger partial charge >= 0.3 is 0 Å². The van der Waals surface area contributed by atoms with Crippen LogP contribution in [0.15, 0.2) is 42.5 Å². The molecule has 0 aromatic heterocycles. The Labute approximate surface area is 145 Å². The number of hydrogen-bond acceptors (Lipinski definition) is 3. The number of amides is 2. The lowest BCUT2D eigenvalue weighted by Crippen LogP contribution is -2.47. The molecule has 1 fully saturated rings. The lowest BCUT2D eigenvalue weighted by Gasteiger charge is -2.32. The summed E-state index contributed by atoms with van der Waals surface area (Å²) in [5.41, 5.74) is 4.68. The molecule has 0 saturated carbocycles. The molecule has 2 aromatic carbocycles. The minimum atomic E-state index is -1.02. The third-order valence-corrected chi connectivity index (χ3v) is 6.31. The van der Waals surface area contributed by atoms with E-state index in [1.54, 1.807) is 4.90 Å². The number of carbonyl (C=O) groups excluding carboxylic acids is 2. The van der Waals surface area contributed by atoms with Crippen molar-refractivity contribution in [1.82, 2.24) is 0 Å². The average Bonchev–Trinajstić information content (AvgIpc) is 2.98. The fourth-order valence-corrected chi connectivity index (χ4v) is 4.91. The van der Waals surface area contributed by atoms with E-state index in [2.05, 4.69) is 5.32 Å². The second-order valence-electron chi connectivity index (χ2n) is 6.35. The van der Waals surface area contributed by atoms with E-state index in [0.717, 1.165) is 28.1 Å². The molecule has 0 unspecified atom stereocenters. The zero-order chi connectivity index (χ0) is 17.1. The Bertz CT molecular complexity index is 879. The number of para-hydroxylation sites is 1. The van der Waals surface area contributed by atoms with E-state index in [1.165, 1.54) is 11.8 Å². The second kappa shape index (κ2) is 5.11. The van der Waals surface area contributed by atoms with Crippen LogP contribution in [0.5, 0.6) is 0 Å². The Balaban J connectivity index is 1.95. The van der Waals surface area contributed by atoms with Gasteiger partial charge in [0.15, 0.2) is 0 Å². The zero-order valence-electron chi connectivity index (χ0n) is 13.8. The highest BCUT2D eigenvalue weighted by Gasteiger charge is 2.60. The van der Waals surface area contributed by atoms with Crippen molar-refractivity contribution in [3.05, 3.63) is 59.2 Å². The summed E-state index contributed by atoms with van der Waals surface area (Å²) in [6, 6.07) is 13.5. The molecule has 0 aliphatic carbocycles. The first kappa shape index (κ1) is 15.3. The molecule has 2 aliphatic heterocycles. The largest absolute Gasteiger partial charge is 0.323 e. The molecule has 2 aliphatic rings. The maximum absolute atomic E-state index is 13.0. The lowest BCUT2D eigenvalue weighted by atomic mass is 10.0. The Morgan fingerprint density at radius 3 is 2.58 bits per heavy atom. The molecule has 0 bridgehead atoms. The van der Waals surface area contributed by atoms with Crippen LogP contribution in [0, 0.1) is 13.8 Å². The van der Waals surface area contributed by atoms with Crippen molar-refractivity contribution in [2.24, 2.45) is 0 Å². The number of nitrogens with one attached hydrogen (secondary N) is 1. The number of fused-ring (bicyclic) bond motifs is 2. The van der Waals surface area contributed by atoms with Crippen LogP contribution in [-0.4, -0.2) is 17.1 Å². The number of carbonyl (C=O) groups is 2. The van der Waals surface area contributed by atoms with Crippen molar-refractivity contribution in [1.29, 1.82) is 0 Å². The third-order valence-electron chi connectivity index (χ3n) is 4.83. The molecule has 1 N–H and O–H groups in total. The summed E-state index contributed by atoms with van der Waals surface area (Å²) in [5, 5.41) is 2.67. The van der Waals surface area contributed by atoms with Gasteiger partial charge in [-0.05, 0) is 50.1 Å². The minimum absolute atomic E-state index is 0.0323. The Morgan fingerprint density at radius 1 is 1.08 bits per heavy atom. The van der Waals surface area contributed by atoms with Crippen LogP contribution in [0.1, 0.15) is 23.6 Å². The van der Waals surface area contributed by atoms with Crippen LogP contribution in [0.2, 0.25) is 0 Å². The minimum Gasteiger partial charge on any atom is -0.323 e. The molecule has 122 valence electrons. The first-order valence-corrected chi connectivity index (χ1v) is 8.83. The molecule has 2 atom stereocenters. The summed E-state index contributed by atoms with van der Waals surface area (Å²) >= 11 is 1.41. The van der Waals surface area contributed by atoms with Crippen LogP contribution in [0.3, 0.4) is 0 Å². The van der Waals surface area contributed by atoms with Gasteiger partial charge in [-0.15, -0.1) is 11.8 Å². The lowest BCUT2D eigenvalue weighted by molar-refractivity contribution is -0.122. The van der Waals surface area contributed by atoms with Gasteiger partial charge in [-0.2, -0.15) is 0 Å². The molecule has 4 nitrogen and oxygen atoms in total. The number of anilines is 2. The van der Waals surface area contributed by atoms with E-state index in [9.17, 15) is 9.59 Å². The summed E-state index contributed by atoms with van der Waals surface area (Å²) in [6.45, 7) is 5.92. The molecular weight excluding hydrogens is 320 g/mol. The van der Waals surface area contributed by atoms with Gasteiger partial charge in [-0.3, -0.25) is 14.5 Å². The van der Waals surface area contributed by atoms with E-state index >= 15 is 0 Å². The summed E-state index contributed by atoms with van der Waals surface area (Å²) in [7, 11) is 0. The standard InChI is InChI=1S/C19H18N2O2S/c1-11-8-9-14(10-12(11)2)21-17(22)13(3)24-19(21)15-6-4-5-7-16(15)20-18(19)23/h4-10,13H,1-3H3,(H,20,23)/t13-,19-/m0/s1. The molecule has 1 saturated heterocycles. The highest BCUT2D eigenvalue weighted by atomic mass is 32.2. The topological polar surface area (TPSA) is 49.4 Å². The van der Waals surface area contributed by atoms with Crippen LogP contribution in [0.4, 0.5) is 11.4 Å². The first-order chi connectivity index (χ1) is 11.4. The Kier molecular flexibility index (Phi) is 3.25. The number of rotatable bonds is 1. The van der Waals surface area contributed by atoms with Crippen molar-refractivity contribution >= 4 is 35.0 Å². The van der Waals surface area contributed by atoms with Crippen LogP contribution in [0.25, 0.3) is 0 Å². The number of nitrogens with zero attached hydrogens (tertiary/aromatic N) is 1. The van der Waals surface area contributed by atoms with Crippen molar-refractivity contribution in [2.75, 3.05) is 10.2 Å². The van der Waals surface area contributed by atoms with Gasteiger partial charge < -0.3 is 5.32 Å². The van der Waals surface area contributed by atoms with Gasteiger partial charge in [0.2, 0.25) is 10.8 Å². The van der Waals surface area contributed by atoms with E-state index in [0.29, 0.717) is 0 Å². The third kappa shape index (κ3) is 1.88. The SMILES string of the molecule is Cc1ccc(N2C(=O)[C@H](C)S[C@@]23C(=O)Nc2ccccc23)cc1C. The number of benzene rings is 2. The van der Waals surface area contributed by atoms with Gasteiger partial charge in [-0.1, -0.05) is 24.3 Å². The second-order valence-corrected chi connectivity index (χ2v) is 7.88. The number of hydrogen-bond donors (Lipinski definition) is 1. The summed E-state index contributed by atoms with van der Waals surface area (Å²) in [6.07, 6.45) is 0. The maximum atomic E-state index is 13.0. The highest BCUT2D eigenvalue weighted by Crippen LogP contribution is 2.55. The fourth-order valence-electron chi connectivity index (χ4n) is 3.43. The summed E-state index contributed by atoms with van der Waals surface area (Å²) in [4.78, 5) is 26.6.